The zero-order valence-electron chi connectivity index (χ0n) is 20.5. The SMILES string of the molecule is CNS(=O)(=O)Cc1ccc(NC2=NC(=O)/C(=C\c3cc4ccccc4cc3OCc3ccccc3)S2)cc1. The number of nitrogens with one attached hydrogen (secondary N) is 2. The van der Waals surface area contributed by atoms with Gasteiger partial charge < -0.3 is 10.1 Å². The van der Waals surface area contributed by atoms with E-state index in [0.29, 0.717) is 33.7 Å². The van der Waals surface area contributed by atoms with Crippen molar-refractivity contribution < 1.29 is 17.9 Å². The number of anilines is 1. The first-order valence-corrected chi connectivity index (χ1v) is 14.3. The Morgan fingerprint density at radius 1 is 0.895 bits per heavy atom. The van der Waals surface area contributed by atoms with E-state index in [1.807, 2.05) is 72.8 Å². The average Bonchev–Trinajstić information content (AvgIpc) is 3.27. The van der Waals surface area contributed by atoms with Crippen LogP contribution in [-0.2, 0) is 27.2 Å². The van der Waals surface area contributed by atoms with Crippen molar-refractivity contribution in [1.82, 2.24) is 4.72 Å². The van der Waals surface area contributed by atoms with E-state index in [9.17, 15) is 13.2 Å². The number of amidine groups is 1. The lowest BCUT2D eigenvalue weighted by molar-refractivity contribution is -0.113. The minimum Gasteiger partial charge on any atom is -0.488 e. The van der Waals surface area contributed by atoms with Crippen LogP contribution in [0.25, 0.3) is 16.8 Å². The summed E-state index contributed by atoms with van der Waals surface area (Å²) in [4.78, 5) is 17.4. The second-order valence-electron chi connectivity index (χ2n) is 8.63. The van der Waals surface area contributed by atoms with Crippen LogP contribution in [0.2, 0.25) is 0 Å². The highest BCUT2D eigenvalue weighted by atomic mass is 32.2. The first-order valence-electron chi connectivity index (χ1n) is 11.9. The number of nitrogens with zero attached hydrogens (tertiary/aromatic N) is 1. The minimum absolute atomic E-state index is 0.106. The van der Waals surface area contributed by atoms with Crippen molar-refractivity contribution in [2.45, 2.75) is 12.4 Å². The molecule has 0 saturated carbocycles. The van der Waals surface area contributed by atoms with E-state index in [0.717, 1.165) is 21.9 Å². The monoisotopic (exact) mass is 543 g/mol. The van der Waals surface area contributed by atoms with E-state index >= 15 is 0 Å². The van der Waals surface area contributed by atoms with E-state index in [1.165, 1.54) is 18.8 Å². The lowest BCUT2D eigenvalue weighted by Gasteiger charge is -2.12. The zero-order valence-corrected chi connectivity index (χ0v) is 22.2. The molecule has 1 aliphatic heterocycles. The lowest BCUT2D eigenvalue weighted by Crippen LogP contribution is -2.20. The van der Waals surface area contributed by atoms with Crippen molar-refractivity contribution in [2.75, 3.05) is 12.4 Å². The van der Waals surface area contributed by atoms with Crippen LogP contribution in [0, 0.1) is 0 Å². The van der Waals surface area contributed by atoms with Crippen LogP contribution in [-0.4, -0.2) is 26.5 Å². The van der Waals surface area contributed by atoms with Crippen molar-refractivity contribution in [2.24, 2.45) is 4.99 Å². The summed E-state index contributed by atoms with van der Waals surface area (Å²) in [6.45, 7) is 0.408. The fourth-order valence-electron chi connectivity index (χ4n) is 3.91. The highest BCUT2D eigenvalue weighted by molar-refractivity contribution is 8.18. The van der Waals surface area contributed by atoms with E-state index in [4.69, 9.17) is 4.74 Å². The third-order valence-electron chi connectivity index (χ3n) is 5.90. The Morgan fingerprint density at radius 2 is 1.58 bits per heavy atom. The lowest BCUT2D eigenvalue weighted by atomic mass is 10.1. The third-order valence-corrected chi connectivity index (χ3v) is 8.13. The Labute approximate surface area is 225 Å². The summed E-state index contributed by atoms with van der Waals surface area (Å²) in [5.41, 5.74) is 3.20. The van der Waals surface area contributed by atoms with Gasteiger partial charge in [0.05, 0.1) is 10.7 Å². The van der Waals surface area contributed by atoms with Gasteiger partial charge in [0.1, 0.15) is 12.4 Å². The first kappa shape index (κ1) is 25.7. The Balaban J connectivity index is 1.34. The maximum atomic E-state index is 12.7. The third kappa shape index (κ3) is 6.31. The molecule has 0 radical (unpaired) electrons. The van der Waals surface area contributed by atoms with Crippen LogP contribution < -0.4 is 14.8 Å². The molecule has 0 spiro atoms. The molecule has 4 aromatic carbocycles. The van der Waals surface area contributed by atoms with Gasteiger partial charge in [-0.1, -0.05) is 66.7 Å². The molecular formula is C29H25N3O4S2. The van der Waals surface area contributed by atoms with Gasteiger partial charge in [-0.25, -0.2) is 13.1 Å². The predicted octanol–water partition coefficient (Wildman–Crippen LogP) is 5.55. The number of hydrogen-bond donors (Lipinski definition) is 2. The summed E-state index contributed by atoms with van der Waals surface area (Å²) in [6.07, 6.45) is 1.81. The van der Waals surface area contributed by atoms with Crippen LogP contribution in [0.3, 0.4) is 0 Å². The molecule has 1 heterocycles. The molecule has 0 aliphatic carbocycles. The molecule has 0 saturated heterocycles. The number of thioether (sulfide) groups is 1. The fourth-order valence-corrected chi connectivity index (χ4v) is 5.51. The fraction of sp³-hybridized carbons (Fsp3) is 0.103. The number of amides is 1. The van der Waals surface area contributed by atoms with Crippen LogP contribution in [0.15, 0.2) is 101 Å². The molecule has 5 rings (SSSR count). The van der Waals surface area contributed by atoms with E-state index in [2.05, 4.69) is 15.0 Å². The predicted molar refractivity (Wildman–Crippen MR) is 154 cm³/mol. The second kappa shape index (κ2) is 11.2. The molecule has 0 fully saturated rings. The second-order valence-corrected chi connectivity index (χ2v) is 11.6. The van der Waals surface area contributed by atoms with Crippen LogP contribution in [0.1, 0.15) is 16.7 Å². The summed E-state index contributed by atoms with van der Waals surface area (Å²) in [5.74, 6) is 0.240. The molecule has 0 bridgehead atoms. The van der Waals surface area contributed by atoms with Crippen molar-refractivity contribution in [1.29, 1.82) is 0 Å². The Hall–Kier alpha value is -3.92. The molecule has 0 aromatic heterocycles. The van der Waals surface area contributed by atoms with Crippen molar-refractivity contribution in [3.63, 3.8) is 0 Å². The van der Waals surface area contributed by atoms with Gasteiger partial charge >= 0.3 is 0 Å². The molecule has 4 aromatic rings. The number of sulfonamides is 1. The molecule has 9 heteroatoms. The van der Waals surface area contributed by atoms with Crippen LogP contribution in [0.4, 0.5) is 5.69 Å². The molecule has 0 atom stereocenters. The van der Waals surface area contributed by atoms with Gasteiger partial charge in [-0.15, -0.1) is 0 Å². The summed E-state index contributed by atoms with van der Waals surface area (Å²) in [5, 5.41) is 5.68. The molecule has 2 N–H and O–H groups in total. The molecule has 7 nitrogen and oxygen atoms in total. The van der Waals surface area contributed by atoms with Crippen molar-refractivity contribution >= 4 is 55.4 Å². The van der Waals surface area contributed by atoms with Crippen LogP contribution in [0.5, 0.6) is 5.75 Å². The van der Waals surface area contributed by atoms with Gasteiger partial charge in [-0.3, -0.25) is 4.79 Å². The number of aliphatic imine (C=N–C) groups is 1. The van der Waals surface area contributed by atoms with Gasteiger partial charge in [-0.2, -0.15) is 4.99 Å². The van der Waals surface area contributed by atoms with E-state index in [-0.39, 0.29) is 11.7 Å². The highest BCUT2D eigenvalue weighted by Crippen LogP contribution is 2.34. The number of rotatable bonds is 8. The molecular weight excluding hydrogens is 518 g/mol. The first-order chi connectivity index (χ1) is 18.4. The number of benzene rings is 4. The minimum atomic E-state index is -3.35. The van der Waals surface area contributed by atoms with Gasteiger partial charge in [0, 0.05) is 11.3 Å². The Morgan fingerprint density at radius 3 is 2.29 bits per heavy atom. The van der Waals surface area contributed by atoms with Gasteiger partial charge in [0.15, 0.2) is 5.17 Å². The molecule has 1 aliphatic rings. The van der Waals surface area contributed by atoms with Crippen molar-refractivity contribution in [3.8, 4) is 5.75 Å². The topological polar surface area (TPSA) is 96.9 Å². The molecule has 0 unspecified atom stereocenters. The maximum absolute atomic E-state index is 12.7. The van der Waals surface area contributed by atoms with Gasteiger partial charge in [0.25, 0.3) is 5.91 Å². The normalized spacial score (nSPS) is 14.6. The maximum Gasteiger partial charge on any atom is 0.286 e. The highest BCUT2D eigenvalue weighted by Gasteiger charge is 2.23. The quantitative estimate of drug-likeness (QED) is 0.283. The molecule has 38 heavy (non-hydrogen) atoms. The number of carbonyl (C=O) groups excluding carboxylic acids is 1. The number of carbonyl (C=O) groups is 1. The van der Waals surface area contributed by atoms with E-state index < -0.39 is 10.0 Å². The molecule has 1 amide bonds. The van der Waals surface area contributed by atoms with E-state index in [1.54, 1.807) is 24.3 Å². The molecule has 192 valence electrons. The van der Waals surface area contributed by atoms with Gasteiger partial charge in [-0.05, 0) is 71.1 Å². The largest absolute Gasteiger partial charge is 0.488 e. The van der Waals surface area contributed by atoms with Crippen molar-refractivity contribution in [3.05, 3.63) is 113 Å². The smallest absolute Gasteiger partial charge is 0.286 e. The number of ether oxygens (including phenoxy) is 1. The van der Waals surface area contributed by atoms with Gasteiger partial charge in [0.2, 0.25) is 10.0 Å². The zero-order chi connectivity index (χ0) is 26.5. The Kier molecular flexibility index (Phi) is 7.59. The average molecular weight is 544 g/mol. The summed E-state index contributed by atoms with van der Waals surface area (Å²) < 4.78 is 32.0. The standard InChI is InChI=1S/C29H25N3O4S2/c1-30-38(34,35)19-21-11-13-25(14-12-21)31-29-32-28(33)27(37-29)17-24-15-22-9-5-6-10-23(22)16-26(24)36-18-20-7-3-2-4-8-20/h2-17,30H,18-19H2,1H3,(H,31,32,33)/b27-17+. The Bertz CT molecular complexity index is 1650. The number of fused-ring (bicyclic) bond motifs is 1. The summed E-state index contributed by atoms with van der Waals surface area (Å²) in [6, 6.07) is 28.9. The van der Waals surface area contributed by atoms with Crippen LogP contribution >= 0.6 is 11.8 Å². The number of hydrogen-bond acceptors (Lipinski definition) is 6. The summed E-state index contributed by atoms with van der Waals surface area (Å²) >= 11 is 1.24. The summed E-state index contributed by atoms with van der Waals surface area (Å²) in [7, 11) is -1.96.